The Balaban J connectivity index is 1.50. The highest BCUT2D eigenvalue weighted by atomic mass is 16.7. The van der Waals surface area contributed by atoms with E-state index in [1.807, 2.05) is 43.3 Å². The minimum Gasteiger partial charge on any atom is -0.466 e. The third-order valence-electron chi connectivity index (χ3n) is 7.49. The summed E-state index contributed by atoms with van der Waals surface area (Å²) in [6.45, 7) is 2.24. The number of fused-ring (bicyclic) bond motifs is 1. The monoisotopic (exact) mass is 529 g/mol. The van der Waals surface area contributed by atoms with Gasteiger partial charge in [-0.15, -0.1) is 5.10 Å². The molecule has 3 atom stereocenters. The first kappa shape index (κ1) is 24.9. The minimum atomic E-state index is -1.05. The number of hydrogen-bond acceptors (Lipinski definition) is 9. The van der Waals surface area contributed by atoms with Gasteiger partial charge in [0.15, 0.2) is 17.1 Å². The van der Waals surface area contributed by atoms with Gasteiger partial charge in [-0.1, -0.05) is 43.2 Å². The maximum Gasteiger partial charge on any atom is 0.311 e. The highest BCUT2D eigenvalue weighted by Gasteiger charge is 2.48. The normalized spacial score (nSPS) is 20.5. The fourth-order valence-electron chi connectivity index (χ4n) is 5.69. The van der Waals surface area contributed by atoms with Crippen LogP contribution in [0.15, 0.2) is 66.9 Å². The Morgan fingerprint density at radius 1 is 1.21 bits per heavy atom. The molecule has 2 aliphatic rings. The van der Waals surface area contributed by atoms with Gasteiger partial charge in [-0.25, -0.2) is 9.67 Å². The summed E-state index contributed by atoms with van der Waals surface area (Å²) in [6, 6.07) is 15.8. The molecular formula is C28H31N7O4. The van der Waals surface area contributed by atoms with Gasteiger partial charge in [0, 0.05) is 12.1 Å². The van der Waals surface area contributed by atoms with Crippen LogP contribution < -0.4 is 5.32 Å². The molecule has 1 fully saturated rings. The number of nitrogens with zero attached hydrogens (tertiary/aromatic N) is 5. The predicted molar refractivity (Wildman–Crippen MR) is 142 cm³/mol. The van der Waals surface area contributed by atoms with Gasteiger partial charge in [0.2, 0.25) is 6.79 Å². The van der Waals surface area contributed by atoms with Crippen molar-refractivity contribution in [3.05, 3.63) is 78.3 Å². The molecule has 0 bridgehead atoms. The summed E-state index contributed by atoms with van der Waals surface area (Å²) in [5.41, 5.74) is 2.55. The van der Waals surface area contributed by atoms with Crippen LogP contribution in [0.5, 0.6) is 0 Å². The van der Waals surface area contributed by atoms with E-state index in [1.54, 1.807) is 17.3 Å². The summed E-state index contributed by atoms with van der Waals surface area (Å²) in [6.07, 6.45) is 7.15. The van der Waals surface area contributed by atoms with Crippen LogP contribution in [-0.2, 0) is 31.0 Å². The average molecular weight is 530 g/mol. The summed E-state index contributed by atoms with van der Waals surface area (Å²) >= 11 is 0. The van der Waals surface area contributed by atoms with Crippen LogP contribution in [-0.4, -0.2) is 49.5 Å². The Morgan fingerprint density at radius 3 is 2.90 bits per heavy atom. The molecule has 11 heteroatoms. The van der Waals surface area contributed by atoms with Gasteiger partial charge < -0.3 is 24.5 Å². The van der Waals surface area contributed by atoms with Crippen LogP contribution in [0.3, 0.4) is 0 Å². The highest BCUT2D eigenvalue weighted by Crippen LogP contribution is 2.42. The number of aromatic amines is 1. The maximum absolute atomic E-state index is 13.0. The molecule has 2 aromatic carbocycles. The Bertz CT molecular complexity index is 1470. The third kappa shape index (κ3) is 4.80. The summed E-state index contributed by atoms with van der Waals surface area (Å²) in [5.74, 6) is 0.527. The van der Waals surface area contributed by atoms with Gasteiger partial charge in [0.05, 0.1) is 35.9 Å². The Labute approximate surface area is 225 Å². The van der Waals surface area contributed by atoms with Gasteiger partial charge in [-0.2, -0.15) is 0 Å². The van der Waals surface area contributed by atoms with Crippen molar-refractivity contribution in [1.82, 2.24) is 30.2 Å². The van der Waals surface area contributed by atoms with E-state index in [1.165, 1.54) is 0 Å². The molecule has 2 N–H and O–H groups in total. The molecule has 1 aliphatic heterocycles. The molecule has 4 aromatic rings. The van der Waals surface area contributed by atoms with E-state index in [2.05, 4.69) is 42.9 Å². The maximum atomic E-state index is 13.0. The van der Waals surface area contributed by atoms with E-state index in [0.717, 1.165) is 48.0 Å². The average Bonchev–Trinajstić information content (AvgIpc) is 3.75. The molecule has 0 saturated heterocycles. The van der Waals surface area contributed by atoms with Gasteiger partial charge in [-0.05, 0) is 54.0 Å². The molecule has 39 heavy (non-hydrogen) atoms. The largest absolute Gasteiger partial charge is 0.466 e. The highest BCUT2D eigenvalue weighted by molar-refractivity contribution is 5.79. The van der Waals surface area contributed by atoms with Gasteiger partial charge in [0.1, 0.15) is 6.26 Å². The molecule has 1 aliphatic carbocycles. The first-order valence-corrected chi connectivity index (χ1v) is 13.3. The van der Waals surface area contributed by atoms with Crippen LogP contribution in [0.1, 0.15) is 50.0 Å². The number of carbonyl (C=O) groups is 1. The first-order chi connectivity index (χ1) is 19.2. The van der Waals surface area contributed by atoms with Crippen LogP contribution in [0.25, 0.3) is 11.0 Å². The quantitative estimate of drug-likeness (QED) is 0.306. The molecule has 3 heterocycles. The summed E-state index contributed by atoms with van der Waals surface area (Å²) in [7, 11) is 0. The lowest BCUT2D eigenvalue weighted by Gasteiger charge is -2.37. The van der Waals surface area contributed by atoms with Crippen molar-refractivity contribution in [2.45, 2.75) is 50.6 Å². The number of imidazole rings is 1. The molecule has 1 saturated carbocycles. The fourth-order valence-corrected chi connectivity index (χ4v) is 5.69. The van der Waals surface area contributed by atoms with Gasteiger partial charge >= 0.3 is 5.97 Å². The summed E-state index contributed by atoms with van der Waals surface area (Å²) < 4.78 is 18.9. The number of nitrogens with one attached hydrogen (secondary N) is 2. The van der Waals surface area contributed by atoms with Crippen molar-refractivity contribution in [3.8, 4) is 0 Å². The standard InChI is InChI=1S/C28H31N7O4/c1-2-38-26(36)21-10-6-7-11-24(21)35-27(32-33-34-35)28(25-16-37-18-39-25,15-19-8-4-3-5-9-19)31-20-12-13-22-23(14-20)30-17-29-22/h3-5,8-9,12-14,16-17,21,24,31H,2,6-7,10-11,15,18H2,1H3,(H,29,30). The van der Waals surface area contributed by atoms with E-state index in [4.69, 9.17) is 14.2 Å². The number of ether oxygens (including phenoxy) is 3. The molecule has 0 radical (unpaired) electrons. The first-order valence-electron chi connectivity index (χ1n) is 13.3. The lowest BCUT2D eigenvalue weighted by atomic mass is 9.82. The van der Waals surface area contributed by atoms with E-state index < -0.39 is 5.54 Å². The van der Waals surface area contributed by atoms with E-state index in [0.29, 0.717) is 24.6 Å². The van der Waals surface area contributed by atoms with E-state index in [-0.39, 0.29) is 24.7 Å². The zero-order valence-corrected chi connectivity index (χ0v) is 21.7. The zero-order valence-electron chi connectivity index (χ0n) is 21.7. The minimum absolute atomic E-state index is 0.0857. The van der Waals surface area contributed by atoms with Crippen molar-refractivity contribution >= 4 is 22.7 Å². The molecule has 0 spiro atoms. The Hall–Kier alpha value is -4.41. The fraction of sp³-hybridized carbons (Fsp3) is 0.393. The van der Waals surface area contributed by atoms with Crippen molar-refractivity contribution in [2.24, 2.45) is 5.92 Å². The van der Waals surface area contributed by atoms with Gasteiger partial charge in [0.25, 0.3) is 0 Å². The zero-order chi connectivity index (χ0) is 26.7. The van der Waals surface area contributed by atoms with Gasteiger partial charge in [-0.3, -0.25) is 4.79 Å². The lowest BCUT2D eigenvalue weighted by Crippen LogP contribution is -2.44. The molecule has 11 nitrogen and oxygen atoms in total. The van der Waals surface area contributed by atoms with Crippen LogP contribution in [0, 0.1) is 5.92 Å². The van der Waals surface area contributed by atoms with Crippen molar-refractivity contribution in [3.63, 3.8) is 0 Å². The van der Waals surface area contributed by atoms with Crippen LogP contribution in [0.2, 0.25) is 0 Å². The summed E-state index contributed by atoms with van der Waals surface area (Å²) in [4.78, 5) is 20.6. The molecule has 202 valence electrons. The topological polar surface area (TPSA) is 129 Å². The number of aromatic nitrogens is 6. The van der Waals surface area contributed by atoms with Crippen molar-refractivity contribution < 1.29 is 19.0 Å². The molecule has 0 amide bonds. The second-order valence-corrected chi connectivity index (χ2v) is 9.90. The predicted octanol–water partition coefficient (Wildman–Crippen LogP) is 4.24. The van der Waals surface area contributed by atoms with Crippen molar-refractivity contribution in [1.29, 1.82) is 0 Å². The SMILES string of the molecule is CCOC(=O)C1CCCCC1n1nnnc1C(Cc1ccccc1)(Nc1ccc2[nH]cnc2c1)C1=COCO1. The number of H-pyrrole nitrogens is 1. The Morgan fingerprint density at radius 2 is 2.08 bits per heavy atom. The summed E-state index contributed by atoms with van der Waals surface area (Å²) in [5, 5.41) is 16.9. The van der Waals surface area contributed by atoms with E-state index >= 15 is 0 Å². The molecular weight excluding hydrogens is 498 g/mol. The lowest BCUT2D eigenvalue weighted by molar-refractivity contribution is -0.151. The molecule has 3 unspecified atom stereocenters. The number of hydrogen-bond donors (Lipinski definition) is 2. The third-order valence-corrected chi connectivity index (χ3v) is 7.49. The number of benzene rings is 2. The van der Waals surface area contributed by atoms with Crippen LogP contribution in [0.4, 0.5) is 5.69 Å². The second kappa shape index (κ2) is 10.8. The van der Waals surface area contributed by atoms with E-state index in [9.17, 15) is 4.79 Å². The number of esters is 1. The number of anilines is 1. The van der Waals surface area contributed by atoms with Crippen LogP contribution >= 0.6 is 0 Å². The van der Waals surface area contributed by atoms with Crippen molar-refractivity contribution in [2.75, 3.05) is 18.7 Å². The molecule has 2 aromatic heterocycles. The Kier molecular flexibility index (Phi) is 6.87. The number of rotatable bonds is 9. The number of carbonyl (C=O) groups excluding carboxylic acids is 1. The smallest absolute Gasteiger partial charge is 0.311 e. The second-order valence-electron chi connectivity index (χ2n) is 9.90. The number of tetrazole rings is 1. The molecule has 6 rings (SSSR count).